The van der Waals surface area contributed by atoms with Crippen LogP contribution in [0, 0.1) is 0 Å². The van der Waals surface area contributed by atoms with Crippen LogP contribution < -0.4 is 4.31 Å². The second-order valence-electron chi connectivity index (χ2n) is 7.64. The van der Waals surface area contributed by atoms with Gasteiger partial charge in [0.05, 0.1) is 10.9 Å². The third-order valence-electron chi connectivity index (χ3n) is 5.76. The van der Waals surface area contributed by atoms with E-state index in [1.54, 1.807) is 12.1 Å². The molecule has 2 atom stereocenters. The lowest BCUT2D eigenvalue weighted by atomic mass is 9.87. The third kappa shape index (κ3) is 4.17. The van der Waals surface area contributed by atoms with Gasteiger partial charge in [-0.2, -0.15) is 0 Å². The number of nitrogens with zero attached hydrogens (tertiary/aromatic N) is 1. The second kappa shape index (κ2) is 8.84. The van der Waals surface area contributed by atoms with E-state index >= 15 is 0 Å². The first-order chi connectivity index (χ1) is 14.6. The summed E-state index contributed by atoms with van der Waals surface area (Å²) in [4.78, 5) is 13.0. The fourth-order valence-electron chi connectivity index (χ4n) is 4.26. The van der Waals surface area contributed by atoms with E-state index in [-0.39, 0.29) is 12.2 Å². The molecule has 0 aliphatic carbocycles. The molecule has 4 nitrogen and oxygen atoms in total. The highest BCUT2D eigenvalue weighted by Gasteiger charge is 2.42. The van der Waals surface area contributed by atoms with Crippen LogP contribution >= 0.6 is 0 Å². The van der Waals surface area contributed by atoms with Crippen LogP contribution in [0.3, 0.4) is 0 Å². The Balaban J connectivity index is 1.70. The molecule has 4 rings (SSSR count). The standard InChI is InChI=1S/C25H25NO3S/c27-24(21-13-6-2-7-14-21)19-23(20-11-4-1-5-12-20)25-17-10-18-26(30(25,28)29)22-15-8-3-9-16-22/h1-9,11-16,23,25H,10,17-19H2/t23-,25-/m0/s1. The zero-order chi connectivity index (χ0) is 21.0. The van der Waals surface area contributed by atoms with Gasteiger partial charge < -0.3 is 0 Å². The van der Waals surface area contributed by atoms with Crippen molar-refractivity contribution in [3.05, 3.63) is 102 Å². The molecule has 1 fully saturated rings. The van der Waals surface area contributed by atoms with Crippen molar-refractivity contribution in [2.45, 2.75) is 30.4 Å². The monoisotopic (exact) mass is 419 g/mol. The summed E-state index contributed by atoms with van der Waals surface area (Å²) in [7, 11) is -3.61. The molecule has 3 aromatic rings. The van der Waals surface area contributed by atoms with Crippen LogP contribution in [0.5, 0.6) is 0 Å². The summed E-state index contributed by atoms with van der Waals surface area (Å²) in [6.07, 6.45) is 1.48. The number of Topliss-reactive ketones (excluding diaryl/α,β-unsaturated/α-hetero) is 1. The Morgan fingerprint density at radius 3 is 2.07 bits per heavy atom. The van der Waals surface area contributed by atoms with Crippen molar-refractivity contribution in [1.82, 2.24) is 0 Å². The minimum absolute atomic E-state index is 0.0310. The molecule has 1 saturated heterocycles. The predicted molar refractivity (Wildman–Crippen MR) is 120 cm³/mol. The second-order valence-corrected chi connectivity index (χ2v) is 9.72. The van der Waals surface area contributed by atoms with Gasteiger partial charge in [0.25, 0.3) is 0 Å². The number of sulfonamides is 1. The Morgan fingerprint density at radius 2 is 1.43 bits per heavy atom. The third-order valence-corrected chi connectivity index (χ3v) is 8.10. The van der Waals surface area contributed by atoms with Gasteiger partial charge in [-0.05, 0) is 30.5 Å². The van der Waals surface area contributed by atoms with Crippen LogP contribution in [0.15, 0.2) is 91.0 Å². The highest BCUT2D eigenvalue weighted by molar-refractivity contribution is 7.93. The first-order valence-corrected chi connectivity index (χ1v) is 11.8. The molecule has 1 aliphatic heterocycles. The minimum Gasteiger partial charge on any atom is -0.294 e. The molecule has 0 radical (unpaired) electrons. The summed E-state index contributed by atoms with van der Waals surface area (Å²) >= 11 is 0. The Kier molecular flexibility index (Phi) is 6.00. The van der Waals surface area contributed by atoms with Gasteiger partial charge in [-0.25, -0.2) is 8.42 Å². The van der Waals surface area contributed by atoms with Crippen LogP contribution in [-0.2, 0) is 10.0 Å². The summed E-state index contributed by atoms with van der Waals surface area (Å²) in [5, 5.41) is -0.637. The van der Waals surface area contributed by atoms with Crippen LogP contribution in [0.25, 0.3) is 0 Å². The molecular formula is C25H25NO3S. The number of benzene rings is 3. The van der Waals surface area contributed by atoms with E-state index in [2.05, 4.69) is 0 Å². The molecular weight excluding hydrogens is 394 g/mol. The number of hydrogen-bond donors (Lipinski definition) is 0. The normalized spacial score (nSPS) is 19.2. The van der Waals surface area contributed by atoms with E-state index in [9.17, 15) is 13.2 Å². The molecule has 0 spiro atoms. The molecule has 5 heteroatoms. The van der Waals surface area contributed by atoms with E-state index in [1.807, 2.05) is 78.9 Å². The predicted octanol–water partition coefficient (Wildman–Crippen LogP) is 5.04. The average Bonchev–Trinajstić information content (AvgIpc) is 2.79. The van der Waals surface area contributed by atoms with Crippen molar-refractivity contribution in [2.75, 3.05) is 10.8 Å². The van der Waals surface area contributed by atoms with Crippen molar-refractivity contribution in [1.29, 1.82) is 0 Å². The molecule has 3 aromatic carbocycles. The van der Waals surface area contributed by atoms with Crippen molar-refractivity contribution >= 4 is 21.5 Å². The van der Waals surface area contributed by atoms with Crippen molar-refractivity contribution in [3.8, 4) is 0 Å². The number of hydrogen-bond acceptors (Lipinski definition) is 3. The highest BCUT2D eigenvalue weighted by atomic mass is 32.2. The Bertz CT molecular complexity index is 1080. The van der Waals surface area contributed by atoms with Gasteiger partial charge in [-0.1, -0.05) is 78.9 Å². The van der Waals surface area contributed by atoms with E-state index in [0.29, 0.717) is 24.2 Å². The van der Waals surface area contributed by atoms with Gasteiger partial charge in [-0.15, -0.1) is 0 Å². The minimum atomic E-state index is -3.61. The smallest absolute Gasteiger partial charge is 0.238 e. The number of para-hydroxylation sites is 1. The summed E-state index contributed by atoms with van der Waals surface area (Å²) in [6, 6.07) is 27.9. The SMILES string of the molecule is O=C(C[C@@H](c1ccccc1)[C@@H]1CCCN(c2ccccc2)S1(=O)=O)c1ccccc1. The zero-order valence-corrected chi connectivity index (χ0v) is 17.5. The van der Waals surface area contributed by atoms with Crippen molar-refractivity contribution in [2.24, 2.45) is 0 Å². The lowest BCUT2D eigenvalue weighted by molar-refractivity contribution is 0.0972. The molecule has 0 aromatic heterocycles. The number of carbonyl (C=O) groups is 1. The fraction of sp³-hybridized carbons (Fsp3) is 0.240. The van der Waals surface area contributed by atoms with Gasteiger partial charge in [0.1, 0.15) is 0 Å². The zero-order valence-electron chi connectivity index (χ0n) is 16.7. The van der Waals surface area contributed by atoms with Crippen molar-refractivity contribution in [3.63, 3.8) is 0 Å². The molecule has 154 valence electrons. The lowest BCUT2D eigenvalue weighted by Gasteiger charge is -2.37. The number of anilines is 1. The van der Waals surface area contributed by atoms with E-state index in [4.69, 9.17) is 0 Å². The molecule has 1 heterocycles. The topological polar surface area (TPSA) is 54.5 Å². The number of carbonyl (C=O) groups excluding carboxylic acids is 1. The summed E-state index contributed by atoms with van der Waals surface area (Å²) in [5.74, 6) is -0.424. The van der Waals surface area contributed by atoms with Crippen LogP contribution in [0.1, 0.15) is 41.1 Å². The molecule has 1 aliphatic rings. The number of rotatable bonds is 6. The van der Waals surface area contributed by atoms with Gasteiger partial charge in [-0.3, -0.25) is 9.10 Å². The van der Waals surface area contributed by atoms with E-state index in [1.165, 1.54) is 4.31 Å². The largest absolute Gasteiger partial charge is 0.294 e. The van der Waals surface area contributed by atoms with Gasteiger partial charge in [0.2, 0.25) is 10.0 Å². The maximum absolute atomic E-state index is 13.7. The summed E-state index contributed by atoms with van der Waals surface area (Å²) in [5.41, 5.74) is 2.19. The van der Waals surface area contributed by atoms with Crippen LogP contribution in [0.4, 0.5) is 5.69 Å². The Labute approximate surface area is 178 Å². The quantitative estimate of drug-likeness (QED) is 0.526. The van der Waals surface area contributed by atoms with Gasteiger partial charge in [0, 0.05) is 24.4 Å². The van der Waals surface area contributed by atoms with E-state index in [0.717, 1.165) is 12.0 Å². The van der Waals surface area contributed by atoms with Crippen LogP contribution in [-0.4, -0.2) is 26.0 Å². The summed E-state index contributed by atoms with van der Waals surface area (Å²) in [6.45, 7) is 0.469. The van der Waals surface area contributed by atoms with Crippen molar-refractivity contribution < 1.29 is 13.2 Å². The molecule has 30 heavy (non-hydrogen) atoms. The Morgan fingerprint density at radius 1 is 0.867 bits per heavy atom. The maximum atomic E-state index is 13.7. The molecule has 0 unspecified atom stereocenters. The maximum Gasteiger partial charge on any atom is 0.238 e. The van der Waals surface area contributed by atoms with E-state index < -0.39 is 21.2 Å². The molecule has 0 bridgehead atoms. The highest BCUT2D eigenvalue weighted by Crippen LogP contribution is 2.38. The Hall–Kier alpha value is -2.92. The molecule has 0 saturated carbocycles. The number of ketones is 1. The van der Waals surface area contributed by atoms with Crippen LogP contribution in [0.2, 0.25) is 0 Å². The van der Waals surface area contributed by atoms with Gasteiger partial charge in [0.15, 0.2) is 5.78 Å². The summed E-state index contributed by atoms with van der Waals surface area (Å²) < 4.78 is 28.8. The fourth-order valence-corrected chi connectivity index (χ4v) is 6.52. The average molecular weight is 420 g/mol. The molecule has 0 amide bonds. The first-order valence-electron chi connectivity index (χ1n) is 10.3. The lowest BCUT2D eigenvalue weighted by Crippen LogP contribution is -2.46. The molecule has 0 N–H and O–H groups in total. The van der Waals surface area contributed by atoms with Gasteiger partial charge >= 0.3 is 0 Å². The first kappa shape index (κ1) is 20.4.